The molecule has 31 heavy (non-hydrogen) atoms. The number of aryl methyl sites for hydroxylation is 3. The molecule has 162 valence electrons. The molecule has 0 atom stereocenters. The van der Waals surface area contributed by atoms with Gasteiger partial charge in [-0.05, 0) is 76.3 Å². The molecule has 1 aliphatic carbocycles. The fourth-order valence-electron chi connectivity index (χ4n) is 4.35. The van der Waals surface area contributed by atoms with E-state index in [9.17, 15) is 4.79 Å². The van der Waals surface area contributed by atoms with Crippen molar-refractivity contribution in [1.82, 2.24) is 0 Å². The van der Waals surface area contributed by atoms with E-state index >= 15 is 0 Å². The van der Waals surface area contributed by atoms with Crippen LogP contribution in [0.4, 0.5) is 5.69 Å². The molecule has 2 aromatic carbocycles. The van der Waals surface area contributed by atoms with Crippen molar-refractivity contribution in [3.8, 4) is 5.75 Å². The summed E-state index contributed by atoms with van der Waals surface area (Å²) in [6.07, 6.45) is 5.99. The highest BCUT2D eigenvalue weighted by Crippen LogP contribution is 2.41. The van der Waals surface area contributed by atoms with Gasteiger partial charge in [-0.25, -0.2) is 0 Å². The molecule has 0 bridgehead atoms. The molecule has 1 amide bonds. The Morgan fingerprint density at radius 3 is 2.77 bits per heavy atom. The third kappa shape index (κ3) is 4.09. The van der Waals surface area contributed by atoms with Crippen LogP contribution < -0.4 is 10.1 Å². The van der Waals surface area contributed by atoms with Crippen LogP contribution in [0.25, 0.3) is 16.5 Å². The van der Waals surface area contributed by atoms with E-state index in [2.05, 4.69) is 11.4 Å². The normalized spacial score (nSPS) is 13.9. The Morgan fingerprint density at radius 1 is 1.23 bits per heavy atom. The fraction of sp³-hybridized carbons (Fsp3) is 0.346. The van der Waals surface area contributed by atoms with Gasteiger partial charge >= 0.3 is 0 Å². The Bertz CT molecular complexity index is 1190. The maximum atomic E-state index is 12.8. The summed E-state index contributed by atoms with van der Waals surface area (Å²) in [6, 6.07) is 7.62. The first kappa shape index (κ1) is 21.5. The molecule has 0 radical (unpaired) electrons. The van der Waals surface area contributed by atoms with Gasteiger partial charge in [0.2, 0.25) is 5.91 Å². The largest absolute Gasteiger partial charge is 0.493 e. The molecule has 3 aromatic rings. The number of carbonyl (C=O) groups is 1. The molecule has 0 unspecified atom stereocenters. The minimum Gasteiger partial charge on any atom is -0.493 e. The summed E-state index contributed by atoms with van der Waals surface area (Å²) in [5.74, 6) is 1.68. The number of amides is 1. The van der Waals surface area contributed by atoms with Crippen molar-refractivity contribution in [2.75, 3.05) is 11.9 Å². The van der Waals surface area contributed by atoms with Gasteiger partial charge in [-0.15, -0.1) is 0 Å². The Morgan fingerprint density at radius 2 is 2.00 bits per heavy atom. The van der Waals surface area contributed by atoms with E-state index in [1.807, 2.05) is 45.9 Å². The minimum absolute atomic E-state index is 0.197. The van der Waals surface area contributed by atoms with Crippen molar-refractivity contribution in [3.63, 3.8) is 0 Å². The van der Waals surface area contributed by atoms with E-state index in [0.29, 0.717) is 17.3 Å². The average Bonchev–Trinajstić information content (AvgIpc) is 3.12. The van der Waals surface area contributed by atoms with Crippen molar-refractivity contribution in [3.05, 3.63) is 63.4 Å². The third-order valence-electron chi connectivity index (χ3n) is 6.01. The molecule has 0 spiro atoms. The van der Waals surface area contributed by atoms with E-state index < -0.39 is 0 Å². The monoisotopic (exact) mass is 437 g/mol. The van der Waals surface area contributed by atoms with Gasteiger partial charge in [0.1, 0.15) is 17.1 Å². The fourth-order valence-corrected chi connectivity index (χ4v) is 4.52. The van der Waals surface area contributed by atoms with Crippen LogP contribution in [-0.4, -0.2) is 12.5 Å². The van der Waals surface area contributed by atoms with Gasteiger partial charge < -0.3 is 14.5 Å². The number of nitrogens with one attached hydrogen (secondary N) is 1. The lowest BCUT2D eigenvalue weighted by atomic mass is 9.93. The van der Waals surface area contributed by atoms with Gasteiger partial charge in [0.05, 0.1) is 6.61 Å². The van der Waals surface area contributed by atoms with Crippen molar-refractivity contribution in [1.29, 1.82) is 0 Å². The highest BCUT2D eigenvalue weighted by Gasteiger charge is 2.23. The van der Waals surface area contributed by atoms with E-state index in [0.717, 1.165) is 57.6 Å². The van der Waals surface area contributed by atoms with Gasteiger partial charge in [-0.1, -0.05) is 17.7 Å². The molecule has 4 rings (SSSR count). The van der Waals surface area contributed by atoms with Crippen LogP contribution >= 0.6 is 11.6 Å². The zero-order chi connectivity index (χ0) is 22.1. The van der Waals surface area contributed by atoms with Gasteiger partial charge in [-0.3, -0.25) is 4.79 Å². The summed E-state index contributed by atoms with van der Waals surface area (Å²) in [4.78, 5) is 12.8. The first-order valence-corrected chi connectivity index (χ1v) is 11.2. The highest BCUT2D eigenvalue weighted by atomic mass is 35.5. The lowest BCUT2D eigenvalue weighted by Gasteiger charge is -2.15. The number of hydrogen-bond donors (Lipinski definition) is 1. The molecule has 4 nitrogen and oxygen atoms in total. The van der Waals surface area contributed by atoms with Gasteiger partial charge in [0, 0.05) is 45.3 Å². The second-order valence-electron chi connectivity index (χ2n) is 8.13. The highest BCUT2D eigenvalue weighted by molar-refractivity contribution is 6.31. The van der Waals surface area contributed by atoms with E-state index in [1.54, 1.807) is 6.08 Å². The molecule has 0 saturated carbocycles. The number of furan rings is 1. The smallest absolute Gasteiger partial charge is 0.248 e. The third-order valence-corrected chi connectivity index (χ3v) is 6.42. The number of benzene rings is 2. The second-order valence-corrected chi connectivity index (χ2v) is 8.54. The van der Waals surface area contributed by atoms with E-state index in [-0.39, 0.29) is 5.91 Å². The molecule has 0 saturated heterocycles. The summed E-state index contributed by atoms with van der Waals surface area (Å²) in [5, 5.41) is 4.71. The molecule has 1 heterocycles. The summed E-state index contributed by atoms with van der Waals surface area (Å²) in [6.45, 7) is 8.38. The number of hydrogen-bond acceptors (Lipinski definition) is 3. The van der Waals surface area contributed by atoms with E-state index in [4.69, 9.17) is 20.8 Å². The number of fused-ring (bicyclic) bond motifs is 3. The van der Waals surface area contributed by atoms with Crippen molar-refractivity contribution >= 4 is 39.7 Å². The number of allylic oxidation sites excluding steroid dienone is 1. The molecule has 1 aromatic heterocycles. The topological polar surface area (TPSA) is 51.5 Å². The van der Waals surface area contributed by atoms with Gasteiger partial charge in [0.15, 0.2) is 0 Å². The molecule has 1 aliphatic rings. The van der Waals surface area contributed by atoms with E-state index in [1.165, 1.54) is 18.4 Å². The number of ether oxygens (including phenoxy) is 1. The standard InChI is InChI=1S/C26H28ClNO3/c1-5-30-25-17(4)26-20(18-9-6-7-12-23(18)31-26)14-19(25)15(2)13-24(29)28-22-11-8-10-21(27)16(22)3/h8,10-11,13-14H,5-7,9,12H2,1-4H3,(H,28,29)/b15-13+. The van der Waals surface area contributed by atoms with Crippen LogP contribution in [0.1, 0.15) is 54.7 Å². The average molecular weight is 438 g/mol. The lowest BCUT2D eigenvalue weighted by molar-refractivity contribution is -0.111. The Hall–Kier alpha value is -2.72. The molecular weight excluding hydrogens is 410 g/mol. The predicted octanol–water partition coefficient (Wildman–Crippen LogP) is 7.02. The minimum atomic E-state index is -0.197. The summed E-state index contributed by atoms with van der Waals surface area (Å²) in [5.41, 5.74) is 6.53. The first-order valence-electron chi connectivity index (χ1n) is 10.9. The zero-order valence-electron chi connectivity index (χ0n) is 18.5. The Balaban J connectivity index is 1.75. The number of halogens is 1. The Labute approximate surface area is 188 Å². The molecule has 1 N–H and O–H groups in total. The predicted molar refractivity (Wildman–Crippen MR) is 127 cm³/mol. The van der Waals surface area contributed by atoms with Crippen LogP contribution in [0.3, 0.4) is 0 Å². The van der Waals surface area contributed by atoms with Gasteiger partial charge in [-0.2, -0.15) is 0 Å². The quantitative estimate of drug-likeness (QED) is 0.436. The maximum absolute atomic E-state index is 12.8. The van der Waals surface area contributed by atoms with Gasteiger partial charge in [0.25, 0.3) is 0 Å². The summed E-state index contributed by atoms with van der Waals surface area (Å²) in [7, 11) is 0. The lowest BCUT2D eigenvalue weighted by Crippen LogP contribution is -2.10. The van der Waals surface area contributed by atoms with Crippen LogP contribution in [-0.2, 0) is 17.6 Å². The van der Waals surface area contributed by atoms with Crippen molar-refractivity contribution in [2.45, 2.75) is 53.4 Å². The van der Waals surface area contributed by atoms with Crippen LogP contribution in [0, 0.1) is 13.8 Å². The van der Waals surface area contributed by atoms with Crippen molar-refractivity contribution < 1.29 is 13.9 Å². The SMILES string of the molecule is CCOc1c(/C(C)=C/C(=O)Nc2cccc(Cl)c2C)cc2c3c(oc2c1C)CCCC3. The zero-order valence-corrected chi connectivity index (χ0v) is 19.3. The molecule has 5 heteroatoms. The Kier molecular flexibility index (Phi) is 6.10. The maximum Gasteiger partial charge on any atom is 0.248 e. The second kappa shape index (κ2) is 8.80. The number of carbonyl (C=O) groups excluding carboxylic acids is 1. The van der Waals surface area contributed by atoms with Crippen LogP contribution in [0.2, 0.25) is 5.02 Å². The molecule has 0 fully saturated rings. The number of anilines is 1. The number of rotatable bonds is 5. The summed E-state index contributed by atoms with van der Waals surface area (Å²) < 4.78 is 12.2. The first-order chi connectivity index (χ1) is 14.9. The molecule has 0 aliphatic heterocycles. The summed E-state index contributed by atoms with van der Waals surface area (Å²) >= 11 is 6.18. The van der Waals surface area contributed by atoms with Crippen molar-refractivity contribution in [2.24, 2.45) is 0 Å². The van der Waals surface area contributed by atoms with Crippen LogP contribution in [0.5, 0.6) is 5.75 Å². The van der Waals surface area contributed by atoms with Crippen LogP contribution in [0.15, 0.2) is 34.8 Å². The molecular formula is C26H28ClNO3.